The lowest BCUT2D eigenvalue weighted by atomic mass is 10.1. The first kappa shape index (κ1) is 27.0. The Morgan fingerprint density at radius 1 is 1.03 bits per heavy atom. The van der Waals surface area contributed by atoms with Crippen molar-refractivity contribution in [2.24, 2.45) is 0 Å². The number of hydrogen-bond donors (Lipinski definition) is 3. The molecule has 38 heavy (non-hydrogen) atoms. The Balaban J connectivity index is 1.34. The van der Waals surface area contributed by atoms with Crippen LogP contribution in [0.5, 0.6) is 11.5 Å². The van der Waals surface area contributed by atoms with Crippen LogP contribution in [-0.4, -0.2) is 54.2 Å². The molecule has 10 heteroatoms. The number of anilines is 2. The van der Waals surface area contributed by atoms with Gasteiger partial charge in [-0.05, 0) is 82.9 Å². The predicted molar refractivity (Wildman–Crippen MR) is 147 cm³/mol. The number of carbonyl (C=O) groups is 3. The fourth-order valence-electron chi connectivity index (χ4n) is 4.29. The number of para-hydroxylation sites is 1. The Morgan fingerprint density at radius 3 is 2.47 bits per heavy atom. The average molecular weight is 582 g/mol. The summed E-state index contributed by atoms with van der Waals surface area (Å²) >= 11 is 3.40. The molecule has 9 nitrogen and oxygen atoms in total. The van der Waals surface area contributed by atoms with Crippen LogP contribution < -0.4 is 20.1 Å². The number of carboxylic acid groups (broad SMARTS) is 1. The van der Waals surface area contributed by atoms with Gasteiger partial charge in [-0.2, -0.15) is 0 Å². The third-order valence-electron chi connectivity index (χ3n) is 6.23. The van der Waals surface area contributed by atoms with E-state index in [1.807, 2.05) is 23.1 Å². The number of aromatic carboxylic acids is 1. The van der Waals surface area contributed by atoms with Crippen LogP contribution in [0.2, 0.25) is 0 Å². The van der Waals surface area contributed by atoms with E-state index in [1.54, 1.807) is 36.4 Å². The van der Waals surface area contributed by atoms with E-state index < -0.39 is 12.0 Å². The van der Waals surface area contributed by atoms with Crippen molar-refractivity contribution in [3.63, 3.8) is 0 Å². The largest absolute Gasteiger partial charge is 0.495 e. The van der Waals surface area contributed by atoms with Gasteiger partial charge >= 0.3 is 12.0 Å². The molecule has 0 aromatic heterocycles. The molecule has 0 aliphatic carbocycles. The molecule has 0 bridgehead atoms. The summed E-state index contributed by atoms with van der Waals surface area (Å²) in [6, 6.07) is 18.3. The lowest BCUT2D eigenvalue weighted by Crippen LogP contribution is -2.39. The zero-order chi connectivity index (χ0) is 27.1. The van der Waals surface area contributed by atoms with Crippen LogP contribution in [-0.2, 0) is 11.2 Å². The number of methoxy groups -OCH3 is 1. The first-order chi connectivity index (χ1) is 18.3. The van der Waals surface area contributed by atoms with Gasteiger partial charge < -0.3 is 30.1 Å². The number of urea groups is 1. The van der Waals surface area contributed by atoms with Gasteiger partial charge in [-0.3, -0.25) is 4.79 Å². The second-order valence-electron chi connectivity index (χ2n) is 8.79. The molecular weight excluding hydrogens is 554 g/mol. The van der Waals surface area contributed by atoms with Gasteiger partial charge in [0.1, 0.15) is 18.1 Å². The second kappa shape index (κ2) is 12.5. The minimum atomic E-state index is -0.992. The molecule has 3 N–H and O–H groups in total. The SMILES string of the molecule is COc1cc(CC(=O)N2CCC[C@H]2COc2ccc(C(=O)O)cc2)ccc1NC(=O)Nc1ccccc1Br. The summed E-state index contributed by atoms with van der Waals surface area (Å²) in [6.07, 6.45) is 1.90. The highest BCUT2D eigenvalue weighted by molar-refractivity contribution is 9.10. The summed E-state index contributed by atoms with van der Waals surface area (Å²) < 4.78 is 12.1. The molecule has 0 radical (unpaired) electrons. The number of benzene rings is 3. The molecule has 3 amide bonds. The van der Waals surface area contributed by atoms with Crippen LogP contribution in [0, 0.1) is 0 Å². The smallest absolute Gasteiger partial charge is 0.335 e. The maximum Gasteiger partial charge on any atom is 0.335 e. The summed E-state index contributed by atoms with van der Waals surface area (Å²) in [6.45, 7) is 0.980. The van der Waals surface area contributed by atoms with Crippen LogP contribution >= 0.6 is 15.9 Å². The number of hydrogen-bond acceptors (Lipinski definition) is 5. The van der Waals surface area contributed by atoms with Gasteiger partial charge in [0.05, 0.1) is 36.5 Å². The van der Waals surface area contributed by atoms with Gasteiger partial charge in [0.25, 0.3) is 0 Å². The molecule has 198 valence electrons. The fourth-order valence-corrected chi connectivity index (χ4v) is 4.67. The van der Waals surface area contributed by atoms with Gasteiger partial charge in [-0.1, -0.05) is 18.2 Å². The van der Waals surface area contributed by atoms with Gasteiger partial charge in [0.15, 0.2) is 0 Å². The lowest BCUT2D eigenvalue weighted by Gasteiger charge is -2.25. The number of rotatable bonds is 9. The Labute approximate surface area is 228 Å². The Hall–Kier alpha value is -4.05. The van der Waals surface area contributed by atoms with E-state index in [1.165, 1.54) is 19.2 Å². The van der Waals surface area contributed by atoms with Crippen LogP contribution in [0.25, 0.3) is 0 Å². The monoisotopic (exact) mass is 581 g/mol. The van der Waals surface area contributed by atoms with Gasteiger partial charge in [-0.15, -0.1) is 0 Å². The van der Waals surface area contributed by atoms with Crippen LogP contribution in [0.15, 0.2) is 71.2 Å². The van der Waals surface area contributed by atoms with Crippen molar-refractivity contribution in [1.29, 1.82) is 0 Å². The number of nitrogens with one attached hydrogen (secondary N) is 2. The summed E-state index contributed by atoms with van der Waals surface area (Å²) in [5.41, 5.74) is 2.07. The molecule has 3 aromatic carbocycles. The minimum absolute atomic E-state index is 0.0215. The standard InChI is InChI=1S/C28H28BrN3O6/c1-37-25-15-18(8-13-24(25)31-28(36)30-23-7-3-2-6-22(23)29)16-26(33)32-14-4-5-20(32)17-38-21-11-9-19(10-12-21)27(34)35/h2-3,6-13,15,20H,4-5,14,16-17H2,1H3,(H,34,35)(H2,30,31,36)/t20-/m0/s1. The predicted octanol–water partition coefficient (Wildman–Crippen LogP) is 5.41. The summed E-state index contributed by atoms with van der Waals surface area (Å²) in [7, 11) is 1.51. The Kier molecular flexibility index (Phi) is 8.85. The van der Waals surface area contributed by atoms with E-state index in [4.69, 9.17) is 14.6 Å². The molecule has 1 atom stereocenters. The third kappa shape index (κ3) is 6.83. The first-order valence-electron chi connectivity index (χ1n) is 12.1. The molecule has 1 heterocycles. The second-order valence-corrected chi connectivity index (χ2v) is 9.65. The Bertz CT molecular complexity index is 1310. The Morgan fingerprint density at radius 2 is 1.76 bits per heavy atom. The number of carbonyl (C=O) groups excluding carboxylic acids is 2. The van der Waals surface area contributed by atoms with Crippen molar-refractivity contribution in [2.45, 2.75) is 25.3 Å². The quantitative estimate of drug-likeness (QED) is 0.311. The van der Waals surface area contributed by atoms with Crippen LogP contribution in [0.1, 0.15) is 28.8 Å². The fraction of sp³-hybridized carbons (Fsp3) is 0.250. The van der Waals surface area contributed by atoms with Crippen LogP contribution in [0.3, 0.4) is 0 Å². The van der Waals surface area contributed by atoms with E-state index in [9.17, 15) is 14.4 Å². The van der Waals surface area contributed by atoms with E-state index in [0.717, 1.165) is 22.9 Å². The van der Waals surface area contributed by atoms with Crippen molar-refractivity contribution in [3.05, 3.63) is 82.3 Å². The van der Waals surface area contributed by atoms with Gasteiger partial charge in [0.2, 0.25) is 5.91 Å². The number of carboxylic acids is 1. The van der Waals surface area contributed by atoms with E-state index in [2.05, 4.69) is 26.6 Å². The molecule has 0 unspecified atom stereocenters. The zero-order valence-electron chi connectivity index (χ0n) is 20.8. The van der Waals surface area contributed by atoms with Crippen molar-refractivity contribution < 1.29 is 29.0 Å². The number of nitrogens with zero attached hydrogens (tertiary/aromatic N) is 1. The lowest BCUT2D eigenvalue weighted by molar-refractivity contribution is -0.131. The molecule has 1 fully saturated rings. The molecule has 4 rings (SSSR count). The molecule has 1 aliphatic rings. The van der Waals surface area contributed by atoms with Crippen molar-refractivity contribution >= 4 is 45.2 Å². The van der Waals surface area contributed by atoms with Crippen molar-refractivity contribution in [3.8, 4) is 11.5 Å². The molecule has 0 saturated carbocycles. The molecule has 1 aliphatic heterocycles. The highest BCUT2D eigenvalue weighted by Crippen LogP contribution is 2.28. The summed E-state index contributed by atoms with van der Waals surface area (Å²) in [5, 5.41) is 14.6. The summed E-state index contributed by atoms with van der Waals surface area (Å²) in [5.74, 6) is -0.00510. The highest BCUT2D eigenvalue weighted by atomic mass is 79.9. The number of amides is 3. The maximum atomic E-state index is 13.1. The zero-order valence-corrected chi connectivity index (χ0v) is 22.4. The number of halogens is 1. The van der Waals surface area contributed by atoms with E-state index >= 15 is 0 Å². The van der Waals surface area contributed by atoms with Crippen molar-refractivity contribution in [1.82, 2.24) is 4.90 Å². The van der Waals surface area contributed by atoms with Crippen LogP contribution in [0.4, 0.5) is 16.2 Å². The first-order valence-corrected chi connectivity index (χ1v) is 12.9. The van der Waals surface area contributed by atoms with E-state index in [0.29, 0.717) is 36.0 Å². The highest BCUT2D eigenvalue weighted by Gasteiger charge is 2.29. The molecule has 0 spiro atoms. The van der Waals surface area contributed by atoms with Crippen molar-refractivity contribution in [2.75, 3.05) is 30.9 Å². The van der Waals surface area contributed by atoms with Gasteiger partial charge in [-0.25, -0.2) is 9.59 Å². The molecule has 1 saturated heterocycles. The normalized spacial score (nSPS) is 14.6. The van der Waals surface area contributed by atoms with E-state index in [-0.39, 0.29) is 23.9 Å². The minimum Gasteiger partial charge on any atom is -0.495 e. The average Bonchev–Trinajstić information content (AvgIpc) is 3.39. The summed E-state index contributed by atoms with van der Waals surface area (Å²) in [4.78, 5) is 38.5. The number of likely N-dealkylation sites (tertiary alicyclic amines) is 1. The topological polar surface area (TPSA) is 117 Å². The number of ether oxygens (including phenoxy) is 2. The molecule has 3 aromatic rings. The van der Waals surface area contributed by atoms with Gasteiger partial charge in [0, 0.05) is 11.0 Å². The maximum absolute atomic E-state index is 13.1. The third-order valence-corrected chi connectivity index (χ3v) is 6.92. The molecular formula is C28H28BrN3O6.